The standard InChI is InChI=1S/C38H86O12S16Si4/c1-16-36(14)30-29-31-37(15,55-63-59-51-32-67(39-17-2,40-18-3)41-19-4)38(56-64-60-52-33-68(42-20-5,43-21-6)44-22-7,57-65-61-53-34-69(45-23-8,46-24-9)47-25-10)58-66-62-54-35-70(48-26-11,49-27-12)50-28-13/h36H,16-35H2,1-15H3. The highest BCUT2D eigenvalue weighted by molar-refractivity contribution is 9.33. The molecule has 0 aromatic carbocycles. The van der Waals surface area contributed by atoms with Crippen molar-refractivity contribution in [1.29, 1.82) is 0 Å². The second kappa shape index (κ2) is 47.5. The zero-order valence-electron chi connectivity index (χ0n) is 44.2. The fourth-order valence-corrected chi connectivity index (χ4v) is 60.5. The van der Waals surface area contributed by atoms with E-state index in [1.807, 2.05) is 166 Å². The Morgan fingerprint density at radius 3 is 0.786 bits per heavy atom. The second-order valence-electron chi connectivity index (χ2n) is 14.0. The van der Waals surface area contributed by atoms with Crippen molar-refractivity contribution in [1.82, 2.24) is 0 Å². The summed E-state index contributed by atoms with van der Waals surface area (Å²) in [5.41, 5.74) is 0. The normalized spacial score (nSPS) is 14.4. The summed E-state index contributed by atoms with van der Waals surface area (Å²) in [6, 6.07) is 0. The summed E-state index contributed by atoms with van der Waals surface area (Å²) >= 11 is 0. The van der Waals surface area contributed by atoms with E-state index in [1.165, 1.54) is 12.8 Å². The van der Waals surface area contributed by atoms with Crippen LogP contribution in [0.15, 0.2) is 0 Å². The quantitative estimate of drug-likeness (QED) is 0.0249. The molecule has 0 rings (SSSR count). The van der Waals surface area contributed by atoms with Gasteiger partial charge in [0.2, 0.25) is 0 Å². The minimum Gasteiger partial charge on any atom is -0.373 e. The van der Waals surface area contributed by atoms with E-state index in [9.17, 15) is 0 Å². The van der Waals surface area contributed by atoms with Gasteiger partial charge in [-0.15, -0.1) is 0 Å². The van der Waals surface area contributed by atoms with E-state index in [2.05, 4.69) is 20.8 Å². The molecule has 0 aliphatic heterocycles. The highest BCUT2D eigenvalue weighted by atomic mass is 33.7. The minimum absolute atomic E-state index is 0.233. The second-order valence-corrected chi connectivity index (χ2v) is 51.7. The predicted molar refractivity (Wildman–Crippen MR) is 348 cm³/mol. The van der Waals surface area contributed by atoms with E-state index in [-0.39, 0.29) is 8.16 Å². The van der Waals surface area contributed by atoms with Crippen LogP contribution in [0.4, 0.5) is 0 Å². The van der Waals surface area contributed by atoms with Crippen LogP contribution in [0.2, 0.25) is 0 Å². The van der Waals surface area contributed by atoms with Crippen molar-refractivity contribution in [2.75, 3.05) is 101 Å². The molecule has 0 aliphatic rings. The van der Waals surface area contributed by atoms with Gasteiger partial charge in [0.15, 0.2) is 3.41 Å². The van der Waals surface area contributed by atoms with Crippen molar-refractivity contribution < 1.29 is 53.1 Å². The summed E-state index contributed by atoms with van der Waals surface area (Å²) in [6.45, 7) is 37.9. The molecule has 0 saturated heterocycles. The smallest absolute Gasteiger partial charge is 0.373 e. The Labute approximate surface area is 491 Å². The van der Waals surface area contributed by atoms with Gasteiger partial charge in [0.25, 0.3) is 0 Å². The fourth-order valence-electron chi connectivity index (χ4n) is 5.91. The predicted octanol–water partition coefficient (Wildman–Crippen LogP) is 17.7. The van der Waals surface area contributed by atoms with E-state index in [0.29, 0.717) is 107 Å². The van der Waals surface area contributed by atoms with Gasteiger partial charge in [-0.05, 0) is 213 Å². The largest absolute Gasteiger partial charge is 0.512 e. The van der Waals surface area contributed by atoms with E-state index < -0.39 is 35.2 Å². The molecule has 2 unspecified atom stereocenters. The first-order chi connectivity index (χ1) is 33.8. The molecule has 32 heteroatoms. The van der Waals surface area contributed by atoms with Crippen molar-refractivity contribution in [3.63, 3.8) is 0 Å². The molecular weight excluding hydrogens is 1270 g/mol. The first-order valence-electron chi connectivity index (χ1n) is 24.0. The molecule has 2 atom stereocenters. The maximum Gasteiger partial charge on any atom is 0.512 e. The van der Waals surface area contributed by atoms with Gasteiger partial charge >= 0.3 is 35.2 Å². The third-order valence-electron chi connectivity index (χ3n) is 8.96. The highest BCUT2D eigenvalue weighted by Crippen LogP contribution is 2.75. The Balaban J connectivity index is 7.25. The van der Waals surface area contributed by atoms with Gasteiger partial charge in [0, 0.05) is 79.3 Å². The van der Waals surface area contributed by atoms with E-state index in [4.69, 9.17) is 53.1 Å². The summed E-state index contributed by atoms with van der Waals surface area (Å²) in [7, 11) is 18.0. The van der Waals surface area contributed by atoms with Crippen LogP contribution in [0.5, 0.6) is 0 Å². The molecule has 0 radical (unpaired) electrons. The first-order valence-corrected chi connectivity index (χ1v) is 51.7. The summed E-state index contributed by atoms with van der Waals surface area (Å²) in [5.74, 6) is 0.647. The van der Waals surface area contributed by atoms with Gasteiger partial charge in [-0.1, -0.05) is 87.1 Å². The Bertz CT molecular complexity index is 1070. The fraction of sp³-hybridized carbons (Fsp3) is 1.00. The van der Waals surface area contributed by atoms with Crippen LogP contribution >= 0.6 is 165 Å². The van der Waals surface area contributed by atoms with Gasteiger partial charge in [0.1, 0.15) is 0 Å². The summed E-state index contributed by atoms with van der Waals surface area (Å²) in [4.78, 5) is 0. The molecule has 12 nitrogen and oxygen atoms in total. The van der Waals surface area contributed by atoms with Crippen LogP contribution < -0.4 is 0 Å². The molecule has 0 heterocycles. The lowest BCUT2D eigenvalue weighted by Crippen LogP contribution is -2.49. The molecule has 0 aromatic rings. The summed E-state index contributed by atoms with van der Waals surface area (Å²) in [5, 5.41) is 2.66. The molecule has 70 heavy (non-hydrogen) atoms. The Kier molecular flexibility index (Phi) is 51.5. The van der Waals surface area contributed by atoms with Crippen LogP contribution in [-0.2, 0) is 53.1 Å². The Morgan fingerprint density at radius 2 is 0.571 bits per heavy atom. The third-order valence-corrected chi connectivity index (χ3v) is 56.9. The van der Waals surface area contributed by atoms with Gasteiger partial charge in [0.05, 0.1) is 26.3 Å². The van der Waals surface area contributed by atoms with Crippen molar-refractivity contribution in [3.8, 4) is 0 Å². The first kappa shape index (κ1) is 76.0. The molecule has 422 valence electrons. The van der Waals surface area contributed by atoms with Crippen molar-refractivity contribution in [3.05, 3.63) is 0 Å². The zero-order valence-corrected chi connectivity index (χ0v) is 61.2. The maximum absolute atomic E-state index is 6.24. The molecule has 0 aromatic heterocycles. The monoisotopic (exact) mass is 1360 g/mol. The molecule has 0 saturated carbocycles. The lowest BCUT2D eigenvalue weighted by molar-refractivity contribution is 0.0765. The van der Waals surface area contributed by atoms with Crippen molar-refractivity contribution in [2.45, 2.75) is 138 Å². The minimum atomic E-state index is -2.85. The van der Waals surface area contributed by atoms with Crippen molar-refractivity contribution >= 4 is 200 Å². The molecule has 0 bridgehead atoms. The highest BCUT2D eigenvalue weighted by Gasteiger charge is 2.53. The molecule has 0 spiro atoms. The molecule has 0 aliphatic carbocycles. The summed E-state index contributed by atoms with van der Waals surface area (Å²) < 4.78 is 74.2. The lowest BCUT2D eigenvalue weighted by Gasteiger charge is -2.44. The zero-order chi connectivity index (χ0) is 52.5. The topological polar surface area (TPSA) is 111 Å². The van der Waals surface area contributed by atoms with Crippen LogP contribution in [0.3, 0.4) is 0 Å². The SMILES string of the molecule is CCO[Si](CSSSSC(C)(CCCC(C)CC)C(SSSSC[Si](OCC)(OCC)OCC)(SSSSC[Si](OCC)(OCC)OCC)SSSSC[Si](OCC)(OCC)OCC)(OCC)OCC. The molecular formula is C38H86O12S16Si4. The van der Waals surface area contributed by atoms with E-state index in [0.717, 1.165) is 12.8 Å². The Hall–Kier alpha value is 5.99. The molecule has 0 N–H and O–H groups in total. The third kappa shape index (κ3) is 31.4. The van der Waals surface area contributed by atoms with E-state index >= 15 is 0 Å². The maximum atomic E-state index is 6.24. The van der Waals surface area contributed by atoms with Crippen LogP contribution in [0, 0.1) is 5.92 Å². The number of hydrogen-bond acceptors (Lipinski definition) is 28. The molecule has 0 amide bonds. The average molecular weight is 1360 g/mol. The number of hydrogen-bond donors (Lipinski definition) is 0. The van der Waals surface area contributed by atoms with Crippen LogP contribution in [0.1, 0.15) is 130 Å². The van der Waals surface area contributed by atoms with E-state index in [1.54, 1.807) is 82.5 Å². The van der Waals surface area contributed by atoms with Gasteiger partial charge in [-0.25, -0.2) is 0 Å². The van der Waals surface area contributed by atoms with Crippen LogP contribution in [0.25, 0.3) is 0 Å². The number of rotatable bonds is 54. The Morgan fingerprint density at radius 1 is 0.343 bits per heavy atom. The summed E-state index contributed by atoms with van der Waals surface area (Å²) in [6.07, 6.45) is 4.48. The lowest BCUT2D eigenvalue weighted by atomic mass is 9.97. The van der Waals surface area contributed by atoms with Crippen LogP contribution in [-0.4, -0.2) is 144 Å². The van der Waals surface area contributed by atoms with Gasteiger partial charge in [-0.3, -0.25) is 0 Å². The van der Waals surface area contributed by atoms with Gasteiger partial charge < -0.3 is 53.1 Å². The molecule has 0 fully saturated rings. The van der Waals surface area contributed by atoms with Crippen molar-refractivity contribution in [2.24, 2.45) is 5.92 Å². The average Bonchev–Trinajstić information content (AvgIpc) is 3.32. The van der Waals surface area contributed by atoms with Gasteiger partial charge in [-0.2, -0.15) is 0 Å².